The van der Waals surface area contributed by atoms with Gasteiger partial charge in [-0.1, -0.05) is 12.1 Å². The van der Waals surface area contributed by atoms with Gasteiger partial charge < -0.3 is 0 Å². The third-order valence-electron chi connectivity index (χ3n) is 5.32. The second-order valence-corrected chi connectivity index (χ2v) is 8.32. The molecule has 2 aromatic heterocycles. The molecule has 1 atom stereocenters. The summed E-state index contributed by atoms with van der Waals surface area (Å²) >= 11 is 1.84. The molecule has 3 aromatic rings. The number of hydrogen-bond donors (Lipinski definition) is 0. The monoisotopic (exact) mass is 381 g/mol. The van der Waals surface area contributed by atoms with Crippen LogP contribution in [0.4, 0.5) is 4.39 Å². The molecule has 0 saturated carbocycles. The smallest absolute Gasteiger partial charge is 0.125 e. The highest BCUT2D eigenvalue weighted by atomic mass is 32.1. The van der Waals surface area contributed by atoms with Crippen molar-refractivity contribution < 1.29 is 4.39 Å². The molecule has 0 N–H and O–H groups in total. The maximum atomic E-state index is 13.3. The number of aryl methyl sites for hydroxylation is 2. The first-order valence-electron chi connectivity index (χ1n) is 9.45. The summed E-state index contributed by atoms with van der Waals surface area (Å²) in [6, 6.07) is 8.85. The molecule has 3 nitrogen and oxygen atoms in total. The summed E-state index contributed by atoms with van der Waals surface area (Å²) in [5, 5.41) is 2.17. The van der Waals surface area contributed by atoms with E-state index in [-0.39, 0.29) is 5.82 Å². The number of rotatable bonds is 4. The molecule has 0 radical (unpaired) electrons. The number of piperidine rings is 1. The average Bonchev–Trinajstić information content (AvgIpc) is 3.07. The number of likely N-dealkylation sites (tertiary alicyclic amines) is 1. The lowest BCUT2D eigenvalue weighted by atomic mass is 9.89. The fraction of sp³-hybridized carbons (Fsp3) is 0.364. The second-order valence-electron chi connectivity index (χ2n) is 7.32. The van der Waals surface area contributed by atoms with Gasteiger partial charge >= 0.3 is 0 Å². The third kappa shape index (κ3) is 4.09. The van der Waals surface area contributed by atoms with Crippen molar-refractivity contribution in [1.29, 1.82) is 0 Å². The molecule has 140 valence electrons. The summed E-state index contributed by atoms with van der Waals surface area (Å²) < 4.78 is 13.3. The number of benzene rings is 1. The van der Waals surface area contributed by atoms with E-state index in [0.717, 1.165) is 48.7 Å². The molecule has 1 aliphatic heterocycles. The molecule has 1 aliphatic rings. The molecule has 1 unspecified atom stereocenters. The van der Waals surface area contributed by atoms with Crippen LogP contribution in [0.3, 0.4) is 0 Å². The Bertz CT molecular complexity index is 920. The Hall–Kier alpha value is -2.11. The van der Waals surface area contributed by atoms with Gasteiger partial charge in [-0.3, -0.25) is 4.90 Å². The maximum Gasteiger partial charge on any atom is 0.125 e. The molecule has 0 aliphatic carbocycles. The highest BCUT2D eigenvalue weighted by Gasteiger charge is 2.26. The van der Waals surface area contributed by atoms with Crippen molar-refractivity contribution in [2.45, 2.75) is 39.2 Å². The van der Waals surface area contributed by atoms with E-state index >= 15 is 0 Å². The van der Waals surface area contributed by atoms with E-state index in [0.29, 0.717) is 5.92 Å². The lowest BCUT2D eigenvalue weighted by molar-refractivity contribution is 0.200. The van der Waals surface area contributed by atoms with Gasteiger partial charge in [-0.15, -0.1) is 11.3 Å². The fourth-order valence-electron chi connectivity index (χ4n) is 3.84. The number of aromatic nitrogens is 2. The van der Waals surface area contributed by atoms with E-state index in [2.05, 4.69) is 28.3 Å². The summed E-state index contributed by atoms with van der Waals surface area (Å²) in [6.07, 6.45) is 4.19. The summed E-state index contributed by atoms with van der Waals surface area (Å²) in [7, 11) is 0. The normalized spacial score (nSPS) is 18.0. The van der Waals surface area contributed by atoms with Gasteiger partial charge in [-0.25, -0.2) is 14.4 Å². The SMILES string of the molecule is Cc1ncc(-c2ccc(F)cc2)c(C2CCCN(Cc3sccc3C)C2)n1. The quantitative estimate of drug-likeness (QED) is 0.611. The molecule has 4 rings (SSSR count). The summed E-state index contributed by atoms with van der Waals surface area (Å²) in [6.45, 7) is 7.27. The van der Waals surface area contributed by atoms with E-state index < -0.39 is 0 Å². The van der Waals surface area contributed by atoms with Crippen LogP contribution in [-0.2, 0) is 6.54 Å². The van der Waals surface area contributed by atoms with Crippen molar-refractivity contribution in [1.82, 2.24) is 14.9 Å². The van der Waals surface area contributed by atoms with Gasteiger partial charge in [-0.05, 0) is 67.9 Å². The molecular weight excluding hydrogens is 357 g/mol. The number of nitrogens with zero attached hydrogens (tertiary/aromatic N) is 3. The Labute approximate surface area is 163 Å². The summed E-state index contributed by atoms with van der Waals surface area (Å²) in [4.78, 5) is 13.2. The van der Waals surface area contributed by atoms with Gasteiger partial charge in [0.1, 0.15) is 11.6 Å². The topological polar surface area (TPSA) is 29.0 Å². The zero-order chi connectivity index (χ0) is 18.8. The van der Waals surface area contributed by atoms with E-state index in [4.69, 9.17) is 4.98 Å². The Kier molecular flexibility index (Phi) is 5.32. The molecule has 3 heterocycles. The van der Waals surface area contributed by atoms with Gasteiger partial charge in [0, 0.05) is 35.6 Å². The van der Waals surface area contributed by atoms with E-state index in [9.17, 15) is 4.39 Å². The van der Waals surface area contributed by atoms with Gasteiger partial charge in [0.2, 0.25) is 0 Å². The maximum absolute atomic E-state index is 13.3. The Morgan fingerprint density at radius 2 is 2.00 bits per heavy atom. The molecule has 0 amide bonds. The zero-order valence-corrected chi connectivity index (χ0v) is 16.6. The summed E-state index contributed by atoms with van der Waals surface area (Å²) in [5.41, 5.74) is 4.49. The van der Waals surface area contributed by atoms with Crippen molar-refractivity contribution in [2.24, 2.45) is 0 Å². The molecule has 27 heavy (non-hydrogen) atoms. The first kappa shape index (κ1) is 18.3. The molecular formula is C22H24FN3S. The molecule has 5 heteroatoms. The van der Waals surface area contributed by atoms with Crippen LogP contribution < -0.4 is 0 Å². The predicted molar refractivity (Wildman–Crippen MR) is 108 cm³/mol. The van der Waals surface area contributed by atoms with Crippen LogP contribution in [0, 0.1) is 19.7 Å². The molecule has 1 saturated heterocycles. The largest absolute Gasteiger partial charge is 0.298 e. The number of halogens is 1. The van der Waals surface area contributed by atoms with Crippen molar-refractivity contribution in [3.8, 4) is 11.1 Å². The zero-order valence-electron chi connectivity index (χ0n) is 15.8. The minimum absolute atomic E-state index is 0.219. The Morgan fingerprint density at radius 3 is 2.74 bits per heavy atom. The van der Waals surface area contributed by atoms with Crippen molar-refractivity contribution in [3.05, 3.63) is 69.7 Å². The molecule has 0 spiro atoms. The van der Waals surface area contributed by atoms with E-state index in [1.165, 1.54) is 29.0 Å². The predicted octanol–water partition coefficient (Wildman–Crippen LogP) is 5.34. The number of thiophene rings is 1. The van der Waals surface area contributed by atoms with Crippen LogP contribution >= 0.6 is 11.3 Å². The molecule has 1 aromatic carbocycles. The van der Waals surface area contributed by atoms with Crippen LogP contribution in [0.25, 0.3) is 11.1 Å². The fourth-order valence-corrected chi connectivity index (χ4v) is 4.79. The molecule has 0 bridgehead atoms. The van der Waals surface area contributed by atoms with Gasteiger partial charge in [-0.2, -0.15) is 0 Å². The lowest BCUT2D eigenvalue weighted by Gasteiger charge is -2.33. The van der Waals surface area contributed by atoms with Gasteiger partial charge in [0.05, 0.1) is 5.69 Å². The summed E-state index contributed by atoms with van der Waals surface area (Å²) in [5.74, 6) is 0.950. The standard InChI is InChI=1S/C22H24FN3S/c1-15-9-11-27-21(15)14-26-10-3-4-18(13-26)22-20(12-24-16(2)25-22)17-5-7-19(23)8-6-17/h5-9,11-12,18H,3-4,10,13-14H2,1-2H3. The van der Waals surface area contributed by atoms with E-state index in [1.807, 2.05) is 36.6 Å². The van der Waals surface area contributed by atoms with Crippen LogP contribution in [0.15, 0.2) is 41.9 Å². The third-order valence-corrected chi connectivity index (χ3v) is 6.33. The second kappa shape index (κ2) is 7.87. The van der Waals surface area contributed by atoms with Gasteiger partial charge in [0.25, 0.3) is 0 Å². The highest BCUT2D eigenvalue weighted by molar-refractivity contribution is 7.10. The first-order chi connectivity index (χ1) is 13.1. The Morgan fingerprint density at radius 1 is 1.19 bits per heavy atom. The highest BCUT2D eigenvalue weighted by Crippen LogP contribution is 2.34. The average molecular weight is 382 g/mol. The van der Waals surface area contributed by atoms with Crippen molar-refractivity contribution >= 4 is 11.3 Å². The Balaban J connectivity index is 1.61. The van der Waals surface area contributed by atoms with Crippen molar-refractivity contribution in [2.75, 3.05) is 13.1 Å². The minimum atomic E-state index is -0.219. The van der Waals surface area contributed by atoms with Crippen molar-refractivity contribution in [3.63, 3.8) is 0 Å². The first-order valence-corrected chi connectivity index (χ1v) is 10.3. The van der Waals surface area contributed by atoms with Crippen LogP contribution in [0.1, 0.15) is 40.7 Å². The van der Waals surface area contributed by atoms with Gasteiger partial charge in [0.15, 0.2) is 0 Å². The van der Waals surface area contributed by atoms with Crippen LogP contribution in [-0.4, -0.2) is 28.0 Å². The van der Waals surface area contributed by atoms with Crippen LogP contribution in [0.2, 0.25) is 0 Å². The number of hydrogen-bond acceptors (Lipinski definition) is 4. The van der Waals surface area contributed by atoms with E-state index in [1.54, 1.807) is 0 Å². The minimum Gasteiger partial charge on any atom is -0.298 e. The lowest BCUT2D eigenvalue weighted by Crippen LogP contribution is -2.34. The molecule has 1 fully saturated rings. The van der Waals surface area contributed by atoms with Crippen LogP contribution in [0.5, 0.6) is 0 Å².